The van der Waals surface area contributed by atoms with E-state index in [1.807, 2.05) is 38.1 Å². The SMILES string of the molecule is [C-]#[N+]c1cc(-c2ncc(-c3cccc4c3CC[C@@H]4NS(=O)(=O)CC(=O)OC)s2)ccc1OC(C)C. The quantitative estimate of drug-likeness (QED) is 0.341. The molecule has 1 aliphatic carbocycles. The van der Waals surface area contributed by atoms with Crippen molar-refractivity contribution in [3.05, 3.63) is 65.1 Å². The Kier molecular flexibility index (Phi) is 7.21. The number of nitrogens with zero attached hydrogens (tertiary/aromatic N) is 2. The van der Waals surface area contributed by atoms with Gasteiger partial charge in [-0.05, 0) is 55.5 Å². The molecule has 10 heteroatoms. The Morgan fingerprint density at radius 1 is 1.31 bits per heavy atom. The number of hydrogen-bond donors (Lipinski definition) is 1. The number of aromatic nitrogens is 1. The van der Waals surface area contributed by atoms with Crippen LogP contribution in [0.15, 0.2) is 42.6 Å². The summed E-state index contributed by atoms with van der Waals surface area (Å²) in [7, 11) is -2.65. The van der Waals surface area contributed by atoms with Crippen LogP contribution in [0.3, 0.4) is 0 Å². The molecular weight excluding hydrogens is 486 g/mol. The first-order valence-corrected chi connectivity index (χ1v) is 13.5. The number of thiazole rings is 1. The summed E-state index contributed by atoms with van der Waals surface area (Å²) in [6.45, 7) is 11.3. The van der Waals surface area contributed by atoms with E-state index in [0.29, 0.717) is 24.3 Å². The van der Waals surface area contributed by atoms with Gasteiger partial charge in [-0.3, -0.25) is 4.79 Å². The Labute approximate surface area is 208 Å². The highest BCUT2D eigenvalue weighted by atomic mass is 32.2. The van der Waals surface area contributed by atoms with Gasteiger partial charge in [0, 0.05) is 17.8 Å². The average molecular weight is 512 g/mol. The second-order valence-electron chi connectivity index (χ2n) is 8.41. The van der Waals surface area contributed by atoms with Crippen molar-refractivity contribution in [2.75, 3.05) is 12.9 Å². The average Bonchev–Trinajstić information content (AvgIpc) is 3.46. The topological polar surface area (TPSA) is 99.0 Å². The molecule has 0 unspecified atom stereocenters. The van der Waals surface area contributed by atoms with E-state index in [9.17, 15) is 13.2 Å². The molecule has 0 amide bonds. The molecule has 0 spiro atoms. The lowest BCUT2D eigenvalue weighted by atomic mass is 10.0. The van der Waals surface area contributed by atoms with Crippen LogP contribution in [0.1, 0.15) is 37.4 Å². The Balaban J connectivity index is 1.60. The lowest BCUT2D eigenvalue weighted by molar-refractivity contribution is -0.137. The highest BCUT2D eigenvalue weighted by molar-refractivity contribution is 7.90. The van der Waals surface area contributed by atoms with Crippen molar-refractivity contribution in [2.45, 2.75) is 38.8 Å². The van der Waals surface area contributed by atoms with Crippen molar-refractivity contribution in [1.29, 1.82) is 0 Å². The van der Waals surface area contributed by atoms with Crippen LogP contribution in [-0.4, -0.2) is 38.3 Å². The van der Waals surface area contributed by atoms with Crippen molar-refractivity contribution >= 4 is 33.0 Å². The summed E-state index contributed by atoms with van der Waals surface area (Å²) in [4.78, 5) is 20.6. The van der Waals surface area contributed by atoms with E-state index in [1.54, 1.807) is 18.3 Å². The summed E-state index contributed by atoms with van der Waals surface area (Å²) in [5, 5.41) is 0.784. The maximum atomic E-state index is 12.4. The zero-order valence-electron chi connectivity index (χ0n) is 19.6. The molecule has 1 N–H and O–H groups in total. The van der Waals surface area contributed by atoms with Crippen LogP contribution in [-0.2, 0) is 26.0 Å². The third-order valence-electron chi connectivity index (χ3n) is 5.59. The number of nitrogens with one attached hydrogen (secondary N) is 1. The van der Waals surface area contributed by atoms with Crippen molar-refractivity contribution in [1.82, 2.24) is 9.71 Å². The molecule has 1 aromatic heterocycles. The lowest BCUT2D eigenvalue weighted by Crippen LogP contribution is -2.33. The molecule has 1 atom stereocenters. The minimum absolute atomic E-state index is 0.0261. The molecule has 4 rings (SSSR count). The minimum Gasteiger partial charge on any atom is -0.502 e. The van der Waals surface area contributed by atoms with E-state index in [0.717, 1.165) is 39.2 Å². The third-order valence-corrected chi connectivity index (χ3v) is 7.93. The predicted molar refractivity (Wildman–Crippen MR) is 135 cm³/mol. The molecule has 0 saturated carbocycles. The molecule has 1 aliphatic rings. The summed E-state index contributed by atoms with van der Waals surface area (Å²) >= 11 is 1.52. The van der Waals surface area contributed by atoms with Crippen molar-refractivity contribution in [2.24, 2.45) is 0 Å². The summed E-state index contributed by atoms with van der Waals surface area (Å²) < 4.78 is 37.6. The van der Waals surface area contributed by atoms with Crippen LogP contribution in [0.5, 0.6) is 5.75 Å². The van der Waals surface area contributed by atoms with Gasteiger partial charge >= 0.3 is 5.97 Å². The molecule has 0 bridgehead atoms. The van der Waals surface area contributed by atoms with E-state index in [2.05, 4.69) is 19.3 Å². The molecule has 3 aromatic rings. The fourth-order valence-electron chi connectivity index (χ4n) is 4.10. The maximum absolute atomic E-state index is 12.4. The van der Waals surface area contributed by atoms with Gasteiger partial charge in [-0.25, -0.2) is 23.0 Å². The number of carbonyl (C=O) groups excluding carboxylic acids is 1. The molecule has 1 heterocycles. The number of methoxy groups -OCH3 is 1. The normalized spacial score (nSPS) is 15.0. The number of fused-ring (bicyclic) bond motifs is 1. The molecule has 182 valence electrons. The van der Waals surface area contributed by atoms with Gasteiger partial charge in [0.15, 0.2) is 5.75 Å². The van der Waals surface area contributed by atoms with Crippen molar-refractivity contribution in [3.63, 3.8) is 0 Å². The minimum atomic E-state index is -3.82. The summed E-state index contributed by atoms with van der Waals surface area (Å²) in [5.41, 5.74) is 4.25. The number of ether oxygens (including phenoxy) is 2. The Morgan fingerprint density at radius 2 is 2.11 bits per heavy atom. The number of hydrogen-bond acceptors (Lipinski definition) is 7. The van der Waals surface area contributed by atoms with E-state index < -0.39 is 27.8 Å². The molecule has 0 fully saturated rings. The summed E-state index contributed by atoms with van der Waals surface area (Å²) in [5.74, 6) is -0.954. The first-order valence-electron chi connectivity index (χ1n) is 11.0. The van der Waals surface area contributed by atoms with E-state index in [-0.39, 0.29) is 6.10 Å². The van der Waals surface area contributed by atoms with Crippen LogP contribution in [0, 0.1) is 6.57 Å². The smallest absolute Gasteiger partial charge is 0.322 e. The van der Waals surface area contributed by atoms with E-state index in [4.69, 9.17) is 11.3 Å². The second-order valence-corrected chi connectivity index (χ2v) is 11.2. The second kappa shape index (κ2) is 10.2. The monoisotopic (exact) mass is 511 g/mol. The largest absolute Gasteiger partial charge is 0.502 e. The first-order chi connectivity index (χ1) is 16.7. The van der Waals surface area contributed by atoms with Crippen LogP contribution in [0.4, 0.5) is 5.69 Å². The zero-order valence-corrected chi connectivity index (χ0v) is 21.2. The number of rotatable bonds is 8. The molecule has 0 aliphatic heterocycles. The van der Waals surface area contributed by atoms with Gasteiger partial charge < -0.3 is 9.47 Å². The van der Waals surface area contributed by atoms with Crippen molar-refractivity contribution < 1.29 is 22.7 Å². The zero-order chi connectivity index (χ0) is 25.2. The van der Waals surface area contributed by atoms with Crippen LogP contribution >= 0.6 is 11.3 Å². The Hall–Kier alpha value is -3.26. The van der Waals surface area contributed by atoms with Crippen molar-refractivity contribution in [3.8, 4) is 26.8 Å². The van der Waals surface area contributed by atoms with E-state index >= 15 is 0 Å². The Bertz CT molecular complexity index is 1410. The summed E-state index contributed by atoms with van der Waals surface area (Å²) in [6, 6.07) is 10.9. The number of carbonyl (C=O) groups is 1. The van der Waals surface area contributed by atoms with Gasteiger partial charge in [0.1, 0.15) is 10.8 Å². The van der Waals surface area contributed by atoms with Crippen LogP contribution in [0.2, 0.25) is 0 Å². The molecule has 0 radical (unpaired) electrons. The predicted octanol–water partition coefficient (Wildman–Crippen LogP) is 4.89. The van der Waals surface area contributed by atoms with Crippen LogP contribution in [0.25, 0.3) is 25.9 Å². The van der Waals surface area contributed by atoms with Crippen LogP contribution < -0.4 is 9.46 Å². The number of sulfonamides is 1. The Morgan fingerprint density at radius 3 is 2.83 bits per heavy atom. The lowest BCUT2D eigenvalue weighted by Gasteiger charge is -2.14. The van der Waals surface area contributed by atoms with Gasteiger partial charge in [0.25, 0.3) is 0 Å². The standard InChI is InChI=1S/C25H25N3O5S2/c1-15(2)33-22-11-8-16(12-21(22)26-3)25-27-13-23(34-25)19-7-5-6-18-17(19)9-10-20(18)28-35(30,31)14-24(29)32-4/h5-8,11-13,15,20,28H,9-10,14H2,1-2,4H3/t20-/m0/s1. The molecule has 2 aromatic carbocycles. The maximum Gasteiger partial charge on any atom is 0.322 e. The molecule has 35 heavy (non-hydrogen) atoms. The first kappa shape index (κ1) is 24.9. The van der Waals surface area contributed by atoms with Gasteiger partial charge in [-0.1, -0.05) is 24.3 Å². The summed E-state index contributed by atoms with van der Waals surface area (Å²) in [6.07, 6.45) is 3.08. The molecule has 0 saturated heterocycles. The number of benzene rings is 2. The van der Waals surface area contributed by atoms with Gasteiger partial charge in [-0.2, -0.15) is 0 Å². The highest BCUT2D eigenvalue weighted by Crippen LogP contribution is 2.42. The van der Waals surface area contributed by atoms with Gasteiger partial charge in [0.2, 0.25) is 15.7 Å². The molecule has 8 nitrogen and oxygen atoms in total. The van der Waals surface area contributed by atoms with Gasteiger partial charge in [0.05, 0.1) is 24.7 Å². The highest BCUT2D eigenvalue weighted by Gasteiger charge is 2.30. The third kappa shape index (κ3) is 5.53. The fourth-order valence-corrected chi connectivity index (χ4v) is 6.26. The molecular formula is C25H25N3O5S2. The van der Waals surface area contributed by atoms with E-state index in [1.165, 1.54) is 11.3 Å². The fraction of sp³-hybridized carbons (Fsp3) is 0.320. The van der Waals surface area contributed by atoms with Gasteiger partial charge in [-0.15, -0.1) is 11.3 Å². The number of esters is 1.